The minimum Gasteiger partial charge on any atom is -0.486 e. The predicted octanol–water partition coefficient (Wildman–Crippen LogP) is 3.80. The molecule has 0 saturated heterocycles. The first kappa shape index (κ1) is 16.8. The summed E-state index contributed by atoms with van der Waals surface area (Å²) in [5.41, 5.74) is 0.782. The van der Waals surface area contributed by atoms with Gasteiger partial charge in [0.2, 0.25) is 0 Å². The molecule has 2 aromatic carbocycles. The molecule has 3 rings (SSSR count). The van der Waals surface area contributed by atoms with Crippen LogP contribution < -0.4 is 14.8 Å². The van der Waals surface area contributed by atoms with Crippen LogP contribution in [0.15, 0.2) is 42.0 Å². The van der Waals surface area contributed by atoms with Gasteiger partial charge in [0.25, 0.3) is 5.91 Å². The van der Waals surface area contributed by atoms with Gasteiger partial charge in [0, 0.05) is 5.69 Å². The Bertz CT molecular complexity index is 888. The van der Waals surface area contributed by atoms with Crippen molar-refractivity contribution in [2.45, 2.75) is 0 Å². The van der Waals surface area contributed by atoms with Gasteiger partial charge < -0.3 is 14.8 Å². The Morgan fingerprint density at radius 3 is 2.68 bits per heavy atom. The van der Waals surface area contributed by atoms with Gasteiger partial charge in [0.1, 0.15) is 30.7 Å². The molecule has 5 nitrogen and oxygen atoms in total. The summed E-state index contributed by atoms with van der Waals surface area (Å²) in [6.07, 6.45) is 1.39. The summed E-state index contributed by atoms with van der Waals surface area (Å²) in [6.45, 7) is 0.804. The van der Waals surface area contributed by atoms with E-state index < -0.39 is 11.7 Å². The maximum absolute atomic E-state index is 12.9. The first-order valence-electron chi connectivity index (χ1n) is 7.34. The van der Waals surface area contributed by atoms with E-state index in [1.165, 1.54) is 30.3 Å². The summed E-state index contributed by atoms with van der Waals surface area (Å²) in [5, 5.41) is 12.1. The zero-order valence-corrected chi connectivity index (χ0v) is 13.6. The fraction of sp³-hybridized carbons (Fsp3) is 0.111. The smallest absolute Gasteiger partial charge is 0.266 e. The number of ether oxygens (including phenoxy) is 2. The molecule has 0 spiro atoms. The number of nitrogens with one attached hydrogen (secondary N) is 1. The Labute approximate surface area is 148 Å². The lowest BCUT2D eigenvalue weighted by Crippen LogP contribution is -2.16. The Kier molecular flexibility index (Phi) is 4.87. The lowest BCUT2D eigenvalue weighted by atomic mass is 10.1. The van der Waals surface area contributed by atoms with E-state index in [9.17, 15) is 14.4 Å². The van der Waals surface area contributed by atoms with E-state index in [0.29, 0.717) is 41.0 Å². The third kappa shape index (κ3) is 3.90. The molecule has 126 valence electrons. The van der Waals surface area contributed by atoms with Crippen LogP contribution in [-0.4, -0.2) is 19.1 Å². The Morgan fingerprint density at radius 1 is 1.24 bits per heavy atom. The third-order valence-electron chi connectivity index (χ3n) is 3.40. The summed E-state index contributed by atoms with van der Waals surface area (Å²) >= 11 is 6.14. The normalized spacial score (nSPS) is 13.1. The van der Waals surface area contributed by atoms with Crippen molar-refractivity contribution in [1.29, 1.82) is 5.26 Å². The van der Waals surface area contributed by atoms with Gasteiger partial charge in [-0.3, -0.25) is 4.79 Å². The van der Waals surface area contributed by atoms with Gasteiger partial charge in [-0.25, -0.2) is 4.39 Å². The van der Waals surface area contributed by atoms with E-state index in [0.717, 1.165) is 0 Å². The zero-order chi connectivity index (χ0) is 17.8. The molecule has 1 aliphatic rings. The lowest BCUT2D eigenvalue weighted by molar-refractivity contribution is -0.112. The molecular weight excluding hydrogens is 347 g/mol. The number of benzene rings is 2. The number of halogens is 2. The molecule has 1 N–H and O–H groups in total. The summed E-state index contributed by atoms with van der Waals surface area (Å²) in [5.74, 6) is -0.124. The monoisotopic (exact) mass is 358 g/mol. The maximum Gasteiger partial charge on any atom is 0.266 e. The van der Waals surface area contributed by atoms with E-state index in [-0.39, 0.29) is 5.57 Å². The van der Waals surface area contributed by atoms with Crippen molar-refractivity contribution in [3.8, 4) is 17.6 Å². The van der Waals surface area contributed by atoms with Gasteiger partial charge in [-0.2, -0.15) is 5.26 Å². The molecule has 1 amide bonds. The van der Waals surface area contributed by atoms with E-state index in [4.69, 9.17) is 21.1 Å². The number of nitrogens with zero attached hydrogens (tertiary/aromatic N) is 1. The predicted molar refractivity (Wildman–Crippen MR) is 91.1 cm³/mol. The summed E-state index contributed by atoms with van der Waals surface area (Å²) in [4.78, 5) is 12.2. The van der Waals surface area contributed by atoms with E-state index >= 15 is 0 Å². The molecule has 1 aliphatic heterocycles. The fourth-order valence-electron chi connectivity index (χ4n) is 2.26. The van der Waals surface area contributed by atoms with Crippen LogP contribution in [0.3, 0.4) is 0 Å². The molecule has 0 unspecified atom stereocenters. The second kappa shape index (κ2) is 7.24. The highest BCUT2D eigenvalue weighted by Crippen LogP contribution is 2.38. The van der Waals surface area contributed by atoms with Crippen LogP contribution in [0.1, 0.15) is 5.56 Å². The summed E-state index contributed by atoms with van der Waals surface area (Å²) in [6, 6.07) is 10.3. The molecular formula is C18H12ClFN2O3. The molecule has 25 heavy (non-hydrogen) atoms. The molecule has 0 radical (unpaired) electrons. The minimum atomic E-state index is -0.611. The number of amides is 1. The van der Waals surface area contributed by atoms with Crippen molar-refractivity contribution in [3.63, 3.8) is 0 Å². The molecule has 0 fully saturated rings. The average molecular weight is 359 g/mol. The van der Waals surface area contributed by atoms with Crippen LogP contribution in [0.25, 0.3) is 6.08 Å². The fourth-order valence-corrected chi connectivity index (χ4v) is 2.53. The van der Waals surface area contributed by atoms with Crippen LogP contribution in [0.4, 0.5) is 10.1 Å². The van der Waals surface area contributed by atoms with Crippen LogP contribution in [-0.2, 0) is 4.79 Å². The van der Waals surface area contributed by atoms with Crippen molar-refractivity contribution in [2.24, 2.45) is 0 Å². The number of rotatable bonds is 3. The molecule has 2 aromatic rings. The second-order valence-electron chi connectivity index (χ2n) is 5.16. The number of anilines is 1. The molecule has 0 saturated carbocycles. The summed E-state index contributed by atoms with van der Waals surface area (Å²) in [7, 11) is 0. The van der Waals surface area contributed by atoms with Gasteiger partial charge in [-0.1, -0.05) is 11.6 Å². The number of hydrogen-bond acceptors (Lipinski definition) is 4. The van der Waals surface area contributed by atoms with Crippen molar-refractivity contribution in [1.82, 2.24) is 0 Å². The van der Waals surface area contributed by atoms with Crippen molar-refractivity contribution in [3.05, 3.63) is 58.4 Å². The van der Waals surface area contributed by atoms with E-state index in [1.54, 1.807) is 12.1 Å². The lowest BCUT2D eigenvalue weighted by Gasteiger charge is -2.19. The van der Waals surface area contributed by atoms with Gasteiger partial charge in [0.05, 0.1) is 5.02 Å². The number of hydrogen-bond donors (Lipinski definition) is 1. The SMILES string of the molecule is N#C/C(=C\c1cc(Cl)c2c(c1)OCCO2)C(=O)Nc1ccc(F)cc1. The van der Waals surface area contributed by atoms with Gasteiger partial charge in [0.15, 0.2) is 11.5 Å². The highest BCUT2D eigenvalue weighted by atomic mass is 35.5. The highest BCUT2D eigenvalue weighted by Gasteiger charge is 2.17. The van der Waals surface area contributed by atoms with Crippen molar-refractivity contribution < 1.29 is 18.7 Å². The molecule has 7 heteroatoms. The quantitative estimate of drug-likeness (QED) is 0.669. The first-order chi connectivity index (χ1) is 12.1. The molecule has 0 aliphatic carbocycles. The van der Waals surface area contributed by atoms with Crippen LogP contribution in [0.2, 0.25) is 5.02 Å². The molecule has 0 atom stereocenters. The third-order valence-corrected chi connectivity index (χ3v) is 3.68. The Morgan fingerprint density at radius 2 is 1.96 bits per heavy atom. The zero-order valence-electron chi connectivity index (χ0n) is 12.9. The largest absolute Gasteiger partial charge is 0.486 e. The molecule has 1 heterocycles. The van der Waals surface area contributed by atoms with Gasteiger partial charge in [-0.05, 0) is 48.0 Å². The van der Waals surface area contributed by atoms with E-state index in [2.05, 4.69) is 5.32 Å². The van der Waals surface area contributed by atoms with Crippen LogP contribution in [0.5, 0.6) is 11.5 Å². The standard InChI is InChI=1S/C18H12ClFN2O3/c19-15-8-11(9-16-17(15)25-6-5-24-16)7-12(10-21)18(23)22-14-3-1-13(20)2-4-14/h1-4,7-9H,5-6H2,(H,22,23)/b12-7+. The molecule has 0 bridgehead atoms. The van der Waals surface area contributed by atoms with Crippen molar-refractivity contribution in [2.75, 3.05) is 18.5 Å². The van der Waals surface area contributed by atoms with E-state index in [1.807, 2.05) is 6.07 Å². The maximum atomic E-state index is 12.9. The second-order valence-corrected chi connectivity index (χ2v) is 5.56. The number of carbonyl (C=O) groups is 1. The average Bonchev–Trinajstić information content (AvgIpc) is 2.61. The Balaban J connectivity index is 1.85. The van der Waals surface area contributed by atoms with Gasteiger partial charge >= 0.3 is 0 Å². The number of fused-ring (bicyclic) bond motifs is 1. The number of carbonyl (C=O) groups excluding carboxylic acids is 1. The van der Waals surface area contributed by atoms with Crippen LogP contribution in [0, 0.1) is 17.1 Å². The molecule has 0 aromatic heterocycles. The van der Waals surface area contributed by atoms with Crippen molar-refractivity contribution >= 4 is 29.3 Å². The Hall–Kier alpha value is -3.04. The first-order valence-corrected chi connectivity index (χ1v) is 7.72. The summed E-state index contributed by atoms with van der Waals surface area (Å²) < 4.78 is 23.8. The highest BCUT2D eigenvalue weighted by molar-refractivity contribution is 6.32. The van der Waals surface area contributed by atoms with Gasteiger partial charge in [-0.15, -0.1) is 0 Å². The number of nitriles is 1. The minimum absolute atomic E-state index is 0.128. The van der Waals surface area contributed by atoms with Crippen LogP contribution >= 0.6 is 11.6 Å². The topological polar surface area (TPSA) is 71.3 Å².